The van der Waals surface area contributed by atoms with Gasteiger partial charge in [0.25, 0.3) is 6.43 Å². The molecule has 0 radical (unpaired) electrons. The van der Waals surface area contributed by atoms with Gasteiger partial charge in [0.2, 0.25) is 5.88 Å². The lowest BCUT2D eigenvalue weighted by molar-refractivity contribution is -0.387. The van der Waals surface area contributed by atoms with Crippen LogP contribution in [0.4, 0.5) is 14.5 Å². The maximum absolute atomic E-state index is 12.8. The Labute approximate surface area is 106 Å². The molecule has 0 aromatic carbocycles. The van der Waals surface area contributed by atoms with Crippen LogP contribution >= 0.6 is 0 Å². The Bertz CT molecular complexity index is 507. The Balaban J connectivity index is 3.43. The highest BCUT2D eigenvalue weighted by atomic mass is 19.3. The Morgan fingerprint density at radius 2 is 2.16 bits per heavy atom. The molecular weight excluding hydrogens is 266 g/mol. The van der Waals surface area contributed by atoms with Gasteiger partial charge in [-0.1, -0.05) is 0 Å². The van der Waals surface area contributed by atoms with Gasteiger partial charge in [-0.25, -0.2) is 13.8 Å². The lowest BCUT2D eigenvalue weighted by atomic mass is 10.1. The summed E-state index contributed by atoms with van der Waals surface area (Å²) in [6, 6.07) is 0.767. The van der Waals surface area contributed by atoms with E-state index in [1.165, 1.54) is 7.11 Å². The summed E-state index contributed by atoms with van der Waals surface area (Å²) in [5.74, 6) is -1.07. The summed E-state index contributed by atoms with van der Waals surface area (Å²) < 4.78 is 34.6. The second-order valence-electron chi connectivity index (χ2n) is 3.36. The first kappa shape index (κ1) is 14.7. The van der Waals surface area contributed by atoms with Crippen molar-refractivity contribution in [1.29, 1.82) is 0 Å². The molecule has 0 saturated carbocycles. The van der Waals surface area contributed by atoms with Crippen molar-refractivity contribution in [3.63, 3.8) is 0 Å². The standard InChI is InChI=1S/C10H10F2N2O5/c1-18-7-3-5(10(11)12)9(14(16)17)6(13-7)4-8(15)19-2/h3,10H,4H2,1-2H3. The SMILES string of the molecule is COC(=O)Cc1nc(OC)cc(C(F)F)c1[N+](=O)[O-]. The molecule has 19 heavy (non-hydrogen) atoms. The van der Waals surface area contributed by atoms with Crippen LogP contribution in [0.25, 0.3) is 0 Å². The summed E-state index contributed by atoms with van der Waals surface area (Å²) in [5.41, 5.74) is -2.18. The molecule has 0 aliphatic rings. The summed E-state index contributed by atoms with van der Waals surface area (Å²) >= 11 is 0. The molecule has 0 atom stereocenters. The van der Waals surface area contributed by atoms with E-state index in [1.54, 1.807) is 0 Å². The molecule has 0 spiro atoms. The molecule has 1 aromatic heterocycles. The number of hydrogen-bond acceptors (Lipinski definition) is 6. The first-order valence-electron chi connectivity index (χ1n) is 4.97. The monoisotopic (exact) mass is 276 g/mol. The van der Waals surface area contributed by atoms with Crippen LogP contribution in [0.2, 0.25) is 0 Å². The van der Waals surface area contributed by atoms with E-state index >= 15 is 0 Å². The quantitative estimate of drug-likeness (QED) is 0.461. The van der Waals surface area contributed by atoms with Crippen molar-refractivity contribution in [2.24, 2.45) is 0 Å². The summed E-state index contributed by atoms with van der Waals surface area (Å²) in [4.78, 5) is 24.6. The Morgan fingerprint density at radius 1 is 1.53 bits per heavy atom. The molecule has 0 fully saturated rings. The van der Waals surface area contributed by atoms with Crippen LogP contribution in [-0.2, 0) is 16.0 Å². The topological polar surface area (TPSA) is 91.6 Å². The molecule has 0 aliphatic heterocycles. The molecule has 9 heteroatoms. The average Bonchev–Trinajstić information content (AvgIpc) is 2.36. The van der Waals surface area contributed by atoms with E-state index in [1.807, 2.05) is 0 Å². The molecule has 7 nitrogen and oxygen atoms in total. The summed E-state index contributed by atoms with van der Waals surface area (Å²) in [6.07, 6.45) is -3.68. The van der Waals surface area contributed by atoms with Crippen LogP contribution < -0.4 is 4.74 Å². The number of carbonyl (C=O) groups excluding carboxylic acids is 1. The number of nitro groups is 1. The number of hydrogen-bond donors (Lipinski definition) is 0. The van der Waals surface area contributed by atoms with Gasteiger partial charge in [-0.2, -0.15) is 0 Å². The predicted octanol–water partition coefficient (Wildman–Crippen LogP) is 1.65. The zero-order chi connectivity index (χ0) is 14.6. The lowest BCUT2D eigenvalue weighted by Crippen LogP contribution is -2.11. The molecule has 0 amide bonds. The number of esters is 1. The highest BCUT2D eigenvalue weighted by molar-refractivity contribution is 5.73. The highest BCUT2D eigenvalue weighted by Crippen LogP contribution is 2.34. The number of halogens is 2. The normalized spacial score (nSPS) is 10.4. The van der Waals surface area contributed by atoms with Crippen LogP contribution in [0.1, 0.15) is 17.7 Å². The molecule has 1 aromatic rings. The summed E-state index contributed by atoms with van der Waals surface area (Å²) in [7, 11) is 2.24. The van der Waals surface area contributed by atoms with Crippen LogP contribution in [0.3, 0.4) is 0 Å². The van der Waals surface area contributed by atoms with Gasteiger partial charge in [0.1, 0.15) is 11.3 Å². The van der Waals surface area contributed by atoms with E-state index in [0.29, 0.717) is 0 Å². The van der Waals surface area contributed by atoms with Gasteiger partial charge in [0.05, 0.1) is 25.6 Å². The second kappa shape index (κ2) is 6.03. The van der Waals surface area contributed by atoms with E-state index in [2.05, 4.69) is 14.5 Å². The fraction of sp³-hybridized carbons (Fsp3) is 0.400. The summed E-state index contributed by atoms with van der Waals surface area (Å²) in [6.45, 7) is 0. The molecule has 1 rings (SSSR count). The van der Waals surface area contributed by atoms with Gasteiger partial charge in [-0.05, 0) is 0 Å². The first-order valence-corrected chi connectivity index (χ1v) is 4.97. The zero-order valence-electron chi connectivity index (χ0n) is 10.1. The number of pyridine rings is 1. The van der Waals surface area contributed by atoms with Crippen molar-refractivity contribution in [2.45, 2.75) is 12.8 Å². The van der Waals surface area contributed by atoms with Crippen molar-refractivity contribution in [2.75, 3.05) is 14.2 Å². The molecular formula is C10H10F2N2O5. The minimum atomic E-state index is -3.09. The van der Waals surface area contributed by atoms with E-state index in [4.69, 9.17) is 0 Å². The Kier molecular flexibility index (Phi) is 4.67. The number of aromatic nitrogens is 1. The van der Waals surface area contributed by atoms with Gasteiger partial charge < -0.3 is 9.47 Å². The third-order valence-electron chi connectivity index (χ3n) is 2.24. The second-order valence-corrected chi connectivity index (χ2v) is 3.36. The van der Waals surface area contributed by atoms with E-state index in [9.17, 15) is 23.7 Å². The summed E-state index contributed by atoms with van der Waals surface area (Å²) in [5, 5.41) is 10.9. The van der Waals surface area contributed by atoms with Crippen molar-refractivity contribution >= 4 is 11.7 Å². The fourth-order valence-corrected chi connectivity index (χ4v) is 1.40. The third-order valence-corrected chi connectivity index (χ3v) is 2.24. The van der Waals surface area contributed by atoms with Crippen LogP contribution in [0.5, 0.6) is 5.88 Å². The highest BCUT2D eigenvalue weighted by Gasteiger charge is 2.29. The number of alkyl halides is 2. The van der Waals surface area contributed by atoms with Gasteiger partial charge in [-0.15, -0.1) is 0 Å². The average molecular weight is 276 g/mol. The number of nitrogens with zero attached hydrogens (tertiary/aromatic N) is 2. The Morgan fingerprint density at radius 3 is 2.58 bits per heavy atom. The van der Waals surface area contributed by atoms with Crippen molar-refractivity contribution in [3.8, 4) is 5.88 Å². The molecule has 0 bridgehead atoms. The van der Waals surface area contributed by atoms with Gasteiger partial charge >= 0.3 is 11.7 Å². The Hall–Kier alpha value is -2.32. The molecule has 0 saturated heterocycles. The fourth-order valence-electron chi connectivity index (χ4n) is 1.40. The van der Waals surface area contributed by atoms with Gasteiger partial charge in [-0.3, -0.25) is 14.9 Å². The van der Waals surface area contributed by atoms with E-state index < -0.39 is 40.7 Å². The number of ether oxygens (including phenoxy) is 2. The van der Waals surface area contributed by atoms with Crippen molar-refractivity contribution in [1.82, 2.24) is 4.98 Å². The van der Waals surface area contributed by atoms with Crippen LogP contribution in [0, 0.1) is 10.1 Å². The van der Waals surface area contributed by atoms with Gasteiger partial charge in [0.15, 0.2) is 0 Å². The first-order chi connectivity index (χ1) is 8.90. The van der Waals surface area contributed by atoms with E-state index in [-0.39, 0.29) is 5.88 Å². The van der Waals surface area contributed by atoms with Gasteiger partial charge in [0, 0.05) is 6.07 Å². The van der Waals surface area contributed by atoms with Crippen LogP contribution in [-0.4, -0.2) is 30.1 Å². The zero-order valence-corrected chi connectivity index (χ0v) is 10.1. The minimum absolute atomic E-state index is 0.236. The minimum Gasteiger partial charge on any atom is -0.481 e. The molecule has 0 aliphatic carbocycles. The number of methoxy groups -OCH3 is 2. The number of rotatable bonds is 5. The number of carbonyl (C=O) groups is 1. The smallest absolute Gasteiger partial charge is 0.311 e. The van der Waals surface area contributed by atoms with E-state index in [0.717, 1.165) is 13.2 Å². The predicted molar refractivity (Wildman–Crippen MR) is 58.1 cm³/mol. The molecule has 104 valence electrons. The third kappa shape index (κ3) is 3.33. The largest absolute Gasteiger partial charge is 0.481 e. The molecule has 0 unspecified atom stereocenters. The lowest BCUT2D eigenvalue weighted by Gasteiger charge is -2.08. The van der Waals surface area contributed by atoms with Crippen molar-refractivity contribution in [3.05, 3.63) is 27.4 Å². The maximum atomic E-state index is 12.8. The molecule has 0 N–H and O–H groups in total. The molecule has 1 heterocycles. The van der Waals surface area contributed by atoms with Crippen LogP contribution in [0.15, 0.2) is 6.07 Å². The maximum Gasteiger partial charge on any atom is 0.311 e. The van der Waals surface area contributed by atoms with Crippen molar-refractivity contribution < 1.29 is 28.0 Å².